The zero-order valence-corrected chi connectivity index (χ0v) is 32.6. The molecule has 0 atom stereocenters. The Labute approximate surface area is 308 Å². The van der Waals surface area contributed by atoms with Crippen LogP contribution in [0.4, 0.5) is 11.6 Å². The number of aromatic nitrogens is 6. The van der Waals surface area contributed by atoms with E-state index in [1.54, 1.807) is 36.8 Å². The first kappa shape index (κ1) is 35.9. The van der Waals surface area contributed by atoms with Crippen LogP contribution in [-0.4, -0.2) is 79.9 Å². The highest BCUT2D eigenvalue weighted by atomic mass is 127. The first-order chi connectivity index (χ1) is 23.7. The number of hydrogen-bond donors (Lipinski definition) is 1. The third-order valence-corrected chi connectivity index (χ3v) is 14.1. The molecule has 0 aliphatic heterocycles. The number of H-pyrrole nitrogens is 1. The summed E-state index contributed by atoms with van der Waals surface area (Å²) in [6, 6.07) is 11.8. The summed E-state index contributed by atoms with van der Waals surface area (Å²) in [6.07, 6.45) is 18.8. The van der Waals surface area contributed by atoms with Crippen LogP contribution in [0.2, 0.25) is 0 Å². The quantitative estimate of drug-likeness (QED) is 0.118. The molecule has 0 radical (unpaired) electrons. The largest absolute Gasteiger partial charge is 0.356 e. The van der Waals surface area contributed by atoms with Crippen LogP contribution in [0, 0.1) is 18.8 Å². The van der Waals surface area contributed by atoms with Gasteiger partial charge in [0, 0.05) is 43.0 Å². The van der Waals surface area contributed by atoms with E-state index in [-0.39, 0.29) is 4.90 Å². The van der Waals surface area contributed by atoms with Crippen molar-refractivity contribution in [2.45, 2.75) is 75.3 Å². The normalized spacial score (nSPS) is 21.3. The summed E-state index contributed by atoms with van der Waals surface area (Å²) in [4.78, 5) is 25.6. The average Bonchev–Trinajstić information content (AvgIpc) is 3.80. The van der Waals surface area contributed by atoms with Crippen molar-refractivity contribution in [1.82, 2.24) is 28.9 Å². The van der Waals surface area contributed by atoms with E-state index in [1.165, 1.54) is 59.0 Å². The van der Waals surface area contributed by atoms with Gasteiger partial charge < -0.3 is 14.8 Å². The van der Waals surface area contributed by atoms with Crippen LogP contribution >= 0.6 is 34.4 Å². The van der Waals surface area contributed by atoms with E-state index in [4.69, 9.17) is 0 Å². The fraction of sp³-hybridized carbons (Fsp3) is 0.500. The molecular weight excluding hydrogens is 767 g/mol. The Bertz CT molecular complexity index is 1930. The number of anilines is 2. The molecule has 2 saturated carbocycles. The van der Waals surface area contributed by atoms with E-state index in [2.05, 4.69) is 83.7 Å². The summed E-state index contributed by atoms with van der Waals surface area (Å²) >= 11 is 4.46. The van der Waals surface area contributed by atoms with Gasteiger partial charge in [0.15, 0.2) is 5.65 Å². The Morgan fingerprint density at radius 2 is 1.41 bits per heavy atom. The highest BCUT2D eigenvalue weighted by molar-refractivity contribution is 14.1. The van der Waals surface area contributed by atoms with Gasteiger partial charge in [-0.3, -0.25) is 0 Å². The fourth-order valence-corrected chi connectivity index (χ4v) is 10.3. The van der Waals surface area contributed by atoms with Crippen molar-refractivity contribution in [1.29, 1.82) is 0 Å². The zero-order chi connectivity index (χ0) is 34.5. The maximum Gasteiger partial charge on any atom is 0.269 e. The molecule has 0 spiro atoms. The summed E-state index contributed by atoms with van der Waals surface area (Å²) in [5.74, 6) is 4.89. The lowest BCUT2D eigenvalue weighted by Crippen LogP contribution is -2.36. The Morgan fingerprint density at radius 1 is 0.816 bits per heavy atom. The molecule has 262 valence electrons. The minimum atomic E-state index is -3.71. The summed E-state index contributed by atoms with van der Waals surface area (Å²) in [5, 5.41) is 1.89. The third kappa shape index (κ3) is 7.88. The number of alkyl halides is 1. The van der Waals surface area contributed by atoms with Gasteiger partial charge in [-0.15, -0.1) is 0 Å². The van der Waals surface area contributed by atoms with Gasteiger partial charge in [0.05, 0.1) is 15.7 Å². The summed E-state index contributed by atoms with van der Waals surface area (Å²) < 4.78 is 28.8. The maximum atomic E-state index is 13.2. The lowest BCUT2D eigenvalue weighted by Gasteiger charge is -2.35. The third-order valence-electron chi connectivity index (χ3n) is 10.4. The predicted octanol–water partition coefficient (Wildman–Crippen LogP) is 7.72. The Kier molecular flexibility index (Phi) is 11.7. The number of nitrogens with zero attached hydrogens (tertiary/aromatic N) is 7. The van der Waals surface area contributed by atoms with Gasteiger partial charge in [0.25, 0.3) is 10.0 Å². The molecule has 5 aromatic rings. The van der Waals surface area contributed by atoms with Gasteiger partial charge in [-0.05, 0) is 106 Å². The standard InChI is InChI=1S/C21H25IN4O2S.C15H22N4S/c1-15-3-9-18(10-4-15)29(27,28)26-12-11-19-20(23-14-24-21(19)26)25(2)17-7-5-16(13-22)6-8-17;1-19(12-5-3-11(4-6-12)9-20-2)15-13-7-8-16-14(13)17-10-18-15/h3-4,9-12,14,16-17H,5-8,13H2,1-2H3;7-8,10-12H,3-6,9H2,1-2H3,(H,16,17,18). The van der Waals surface area contributed by atoms with Gasteiger partial charge in [-0.25, -0.2) is 32.3 Å². The molecule has 4 aromatic heterocycles. The van der Waals surface area contributed by atoms with Crippen LogP contribution in [0.5, 0.6) is 0 Å². The number of thioether (sulfide) groups is 1. The molecule has 13 heteroatoms. The summed E-state index contributed by atoms with van der Waals surface area (Å²) in [7, 11) is 0.523. The number of hydrogen-bond acceptors (Lipinski definition) is 9. The Hall–Kier alpha value is -2.91. The lowest BCUT2D eigenvalue weighted by molar-refractivity contribution is 0.344. The molecule has 0 bridgehead atoms. The molecule has 0 saturated heterocycles. The van der Waals surface area contributed by atoms with Crippen molar-refractivity contribution in [2.24, 2.45) is 11.8 Å². The van der Waals surface area contributed by atoms with Gasteiger partial charge in [-0.2, -0.15) is 11.8 Å². The zero-order valence-electron chi connectivity index (χ0n) is 28.8. The van der Waals surface area contributed by atoms with Gasteiger partial charge in [-0.1, -0.05) is 40.3 Å². The molecule has 10 nitrogen and oxygen atoms in total. The minimum Gasteiger partial charge on any atom is -0.356 e. The number of benzene rings is 1. The molecule has 1 aromatic carbocycles. The second-order valence-corrected chi connectivity index (χ2v) is 17.1. The predicted molar refractivity (Wildman–Crippen MR) is 211 cm³/mol. The first-order valence-corrected chi connectivity index (χ1v) is 21.5. The van der Waals surface area contributed by atoms with Crippen molar-refractivity contribution in [3.63, 3.8) is 0 Å². The smallest absolute Gasteiger partial charge is 0.269 e. The van der Waals surface area contributed by atoms with E-state index >= 15 is 0 Å². The molecule has 4 heterocycles. The lowest BCUT2D eigenvalue weighted by atomic mass is 9.86. The van der Waals surface area contributed by atoms with Crippen molar-refractivity contribution in [3.8, 4) is 0 Å². The van der Waals surface area contributed by atoms with Crippen LogP contribution in [-0.2, 0) is 10.0 Å². The van der Waals surface area contributed by atoms with Crippen LogP contribution in [0.1, 0.15) is 56.9 Å². The highest BCUT2D eigenvalue weighted by Gasteiger charge is 2.28. The SMILES string of the molecule is CSCC1CCC(N(C)c2ncnc3[nH]ccc23)CC1.Cc1ccc(S(=O)(=O)n2ccc3c(N(C)C4CCC(CI)CC4)ncnc32)cc1. The Morgan fingerprint density at radius 3 is 2.02 bits per heavy atom. The van der Waals surface area contributed by atoms with Crippen molar-refractivity contribution in [2.75, 3.05) is 40.3 Å². The van der Waals surface area contributed by atoms with E-state index in [0.717, 1.165) is 58.3 Å². The molecule has 49 heavy (non-hydrogen) atoms. The number of nitrogens with one attached hydrogen (secondary N) is 1. The molecular formula is C36H47IN8O2S2. The fourth-order valence-electron chi connectivity index (χ4n) is 7.32. The van der Waals surface area contributed by atoms with Crippen molar-refractivity contribution in [3.05, 3.63) is 67.0 Å². The second-order valence-electron chi connectivity index (χ2n) is 13.5. The first-order valence-electron chi connectivity index (χ1n) is 17.1. The topological polar surface area (TPSA) is 113 Å². The number of rotatable bonds is 9. The van der Waals surface area contributed by atoms with Crippen molar-refractivity contribution >= 4 is 78.1 Å². The molecule has 7 rings (SSSR count). The number of aromatic amines is 1. The van der Waals surface area contributed by atoms with Crippen LogP contribution in [0.3, 0.4) is 0 Å². The number of aryl methyl sites for hydroxylation is 1. The number of fused-ring (bicyclic) bond motifs is 2. The number of halogens is 1. The molecule has 0 amide bonds. The monoisotopic (exact) mass is 814 g/mol. The van der Waals surface area contributed by atoms with Gasteiger partial charge in [0.1, 0.15) is 29.9 Å². The summed E-state index contributed by atoms with van der Waals surface area (Å²) in [5.41, 5.74) is 2.37. The molecule has 2 aliphatic rings. The van der Waals surface area contributed by atoms with Crippen molar-refractivity contribution < 1.29 is 8.42 Å². The molecule has 1 N–H and O–H groups in total. The van der Waals surface area contributed by atoms with E-state index in [0.29, 0.717) is 17.7 Å². The summed E-state index contributed by atoms with van der Waals surface area (Å²) in [6.45, 7) is 1.93. The van der Waals surface area contributed by atoms with Crippen LogP contribution in [0.25, 0.3) is 22.1 Å². The highest BCUT2D eigenvalue weighted by Crippen LogP contribution is 2.34. The van der Waals surface area contributed by atoms with E-state index < -0.39 is 10.0 Å². The average molecular weight is 815 g/mol. The second kappa shape index (κ2) is 16.0. The van der Waals surface area contributed by atoms with Crippen LogP contribution in [0.15, 0.2) is 66.3 Å². The molecule has 2 aliphatic carbocycles. The molecule has 2 fully saturated rings. The Balaban J connectivity index is 0.000000182. The van der Waals surface area contributed by atoms with E-state index in [9.17, 15) is 8.42 Å². The van der Waals surface area contributed by atoms with E-state index in [1.807, 2.05) is 30.9 Å². The van der Waals surface area contributed by atoms with Gasteiger partial charge >= 0.3 is 0 Å². The minimum absolute atomic E-state index is 0.256. The maximum absolute atomic E-state index is 13.2. The molecule has 0 unspecified atom stereocenters. The van der Waals surface area contributed by atoms with Gasteiger partial charge in [0.2, 0.25) is 0 Å². The van der Waals surface area contributed by atoms with Crippen LogP contribution < -0.4 is 9.80 Å².